The molecule has 2 aromatic rings. The maximum absolute atomic E-state index is 5.71. The number of hydrogen-bond donors (Lipinski definition) is 1. The number of hydrogen-bond acceptors (Lipinski definition) is 3. The molecule has 0 aliphatic rings. The normalized spacial score (nSPS) is 9.79. The highest BCUT2D eigenvalue weighted by Crippen LogP contribution is 2.13. The van der Waals surface area contributed by atoms with Gasteiger partial charge in [-0.25, -0.2) is 0 Å². The number of nitrogens with zero attached hydrogens (tertiary/aromatic N) is 2. The monoisotopic (exact) mass is 255 g/mol. The molecule has 4 nitrogen and oxygen atoms in total. The zero-order valence-corrected chi connectivity index (χ0v) is 11.0. The van der Waals surface area contributed by atoms with Gasteiger partial charge in [0.2, 0.25) is 0 Å². The number of aromatic nitrogens is 2. The highest BCUT2D eigenvalue weighted by molar-refractivity contribution is 5.39. The van der Waals surface area contributed by atoms with Crippen molar-refractivity contribution in [1.29, 1.82) is 0 Å². The van der Waals surface area contributed by atoms with Gasteiger partial charge in [0.05, 0.1) is 13.2 Å². The molecule has 0 bridgehead atoms. The summed E-state index contributed by atoms with van der Waals surface area (Å²) in [5.41, 5.74) is 7.42. The van der Waals surface area contributed by atoms with Crippen molar-refractivity contribution in [2.75, 3.05) is 13.2 Å². The van der Waals surface area contributed by atoms with Crippen LogP contribution in [0.1, 0.15) is 11.3 Å². The molecule has 0 saturated carbocycles. The Hall–Kier alpha value is -2.25. The van der Waals surface area contributed by atoms with Crippen LogP contribution in [0.3, 0.4) is 0 Å². The maximum atomic E-state index is 5.71. The standard InChI is InChI=1S/C15H17N3O/c1-18-14(7-10-17-18)8-11-19-15-6-2-4-13(12-15)5-3-9-16/h2,4,6-7,10,12H,8-9,11,16H2,1H3. The molecule has 0 saturated heterocycles. The highest BCUT2D eigenvalue weighted by atomic mass is 16.5. The van der Waals surface area contributed by atoms with Crippen LogP contribution in [-0.2, 0) is 13.5 Å². The minimum atomic E-state index is 0.367. The van der Waals surface area contributed by atoms with E-state index in [0.29, 0.717) is 13.2 Å². The molecule has 0 atom stereocenters. The van der Waals surface area contributed by atoms with E-state index in [-0.39, 0.29) is 0 Å². The van der Waals surface area contributed by atoms with Gasteiger partial charge in [-0.05, 0) is 24.3 Å². The van der Waals surface area contributed by atoms with Crippen LogP contribution >= 0.6 is 0 Å². The third-order valence-electron chi connectivity index (χ3n) is 2.72. The lowest BCUT2D eigenvalue weighted by Gasteiger charge is -2.06. The van der Waals surface area contributed by atoms with E-state index in [9.17, 15) is 0 Å². The van der Waals surface area contributed by atoms with E-state index < -0.39 is 0 Å². The molecule has 1 heterocycles. The second kappa shape index (κ2) is 6.62. The average molecular weight is 255 g/mol. The van der Waals surface area contributed by atoms with Crippen LogP contribution in [0.2, 0.25) is 0 Å². The number of aryl methyl sites for hydroxylation is 1. The van der Waals surface area contributed by atoms with Gasteiger partial charge in [-0.2, -0.15) is 5.10 Å². The summed E-state index contributed by atoms with van der Waals surface area (Å²) >= 11 is 0. The van der Waals surface area contributed by atoms with Gasteiger partial charge in [0.25, 0.3) is 0 Å². The number of benzene rings is 1. The average Bonchev–Trinajstić information content (AvgIpc) is 2.83. The summed E-state index contributed by atoms with van der Waals surface area (Å²) in [7, 11) is 1.93. The van der Waals surface area contributed by atoms with Crippen LogP contribution in [0.4, 0.5) is 0 Å². The fourth-order valence-corrected chi connectivity index (χ4v) is 1.74. The lowest BCUT2D eigenvalue weighted by atomic mass is 10.2. The maximum Gasteiger partial charge on any atom is 0.120 e. The summed E-state index contributed by atoms with van der Waals surface area (Å²) in [5.74, 6) is 6.64. The smallest absolute Gasteiger partial charge is 0.120 e. The van der Waals surface area contributed by atoms with E-state index in [1.807, 2.05) is 42.1 Å². The Morgan fingerprint density at radius 1 is 1.37 bits per heavy atom. The lowest BCUT2D eigenvalue weighted by molar-refractivity contribution is 0.318. The van der Waals surface area contributed by atoms with Gasteiger partial charge in [0.15, 0.2) is 0 Å². The Kier molecular flexibility index (Phi) is 4.60. The molecule has 0 unspecified atom stereocenters. The quantitative estimate of drug-likeness (QED) is 0.839. The van der Waals surface area contributed by atoms with E-state index in [1.54, 1.807) is 6.20 Å². The molecule has 0 aliphatic carbocycles. The summed E-state index contributed by atoms with van der Waals surface area (Å²) in [6.07, 6.45) is 2.62. The lowest BCUT2D eigenvalue weighted by Crippen LogP contribution is -2.06. The summed E-state index contributed by atoms with van der Waals surface area (Å²) in [5, 5.41) is 4.12. The molecule has 0 radical (unpaired) electrons. The van der Waals surface area contributed by atoms with Crippen molar-refractivity contribution in [3.05, 3.63) is 47.8 Å². The Labute approximate surface area is 113 Å². The minimum absolute atomic E-state index is 0.367. The third kappa shape index (κ3) is 3.87. The van der Waals surface area contributed by atoms with Crippen molar-refractivity contribution in [3.63, 3.8) is 0 Å². The zero-order chi connectivity index (χ0) is 13.5. The van der Waals surface area contributed by atoms with Crippen molar-refractivity contribution < 1.29 is 4.74 Å². The van der Waals surface area contributed by atoms with E-state index in [1.165, 1.54) is 0 Å². The highest BCUT2D eigenvalue weighted by Gasteiger charge is 1.99. The first-order chi connectivity index (χ1) is 9.29. The fourth-order valence-electron chi connectivity index (χ4n) is 1.74. The molecule has 4 heteroatoms. The Balaban J connectivity index is 1.91. The summed E-state index contributed by atoms with van der Waals surface area (Å²) in [4.78, 5) is 0. The molecular formula is C15H17N3O. The molecule has 19 heavy (non-hydrogen) atoms. The summed E-state index contributed by atoms with van der Waals surface area (Å²) in [6.45, 7) is 0.985. The predicted molar refractivity (Wildman–Crippen MR) is 74.8 cm³/mol. The van der Waals surface area contributed by atoms with Crippen LogP contribution in [0.5, 0.6) is 5.75 Å². The molecule has 0 amide bonds. The number of nitrogens with two attached hydrogens (primary N) is 1. The molecule has 2 rings (SSSR count). The van der Waals surface area contributed by atoms with Crippen molar-refractivity contribution in [3.8, 4) is 17.6 Å². The molecule has 0 fully saturated rings. The van der Waals surface area contributed by atoms with Crippen molar-refractivity contribution >= 4 is 0 Å². The van der Waals surface area contributed by atoms with Crippen LogP contribution in [-0.4, -0.2) is 22.9 Å². The molecule has 1 aromatic heterocycles. The molecule has 98 valence electrons. The first kappa shape index (κ1) is 13.2. The van der Waals surface area contributed by atoms with Gasteiger partial charge in [-0.3, -0.25) is 4.68 Å². The first-order valence-corrected chi connectivity index (χ1v) is 6.18. The van der Waals surface area contributed by atoms with E-state index in [2.05, 4.69) is 16.9 Å². The number of rotatable bonds is 4. The molecule has 0 aliphatic heterocycles. The van der Waals surface area contributed by atoms with Crippen LogP contribution in [0.15, 0.2) is 36.5 Å². The predicted octanol–water partition coefficient (Wildman–Crippen LogP) is 1.35. The SMILES string of the molecule is Cn1nccc1CCOc1cccc(C#CCN)c1. The largest absolute Gasteiger partial charge is 0.493 e. The third-order valence-corrected chi connectivity index (χ3v) is 2.72. The molecule has 0 spiro atoms. The summed E-state index contributed by atoms with van der Waals surface area (Å²) < 4.78 is 7.57. The first-order valence-electron chi connectivity index (χ1n) is 6.18. The Morgan fingerprint density at radius 2 is 2.26 bits per heavy atom. The second-order valence-corrected chi connectivity index (χ2v) is 4.08. The topological polar surface area (TPSA) is 53.1 Å². The Bertz CT molecular complexity index is 593. The second-order valence-electron chi connectivity index (χ2n) is 4.08. The molecular weight excluding hydrogens is 238 g/mol. The van der Waals surface area contributed by atoms with Crippen LogP contribution in [0.25, 0.3) is 0 Å². The van der Waals surface area contributed by atoms with Gasteiger partial charge < -0.3 is 10.5 Å². The fraction of sp³-hybridized carbons (Fsp3) is 0.267. The van der Waals surface area contributed by atoms with Crippen molar-refractivity contribution in [1.82, 2.24) is 9.78 Å². The molecule has 2 N–H and O–H groups in total. The van der Waals surface area contributed by atoms with E-state index in [4.69, 9.17) is 10.5 Å². The summed E-state index contributed by atoms with van der Waals surface area (Å²) in [6, 6.07) is 9.71. The van der Waals surface area contributed by atoms with E-state index in [0.717, 1.165) is 23.4 Å². The molecule has 1 aromatic carbocycles. The van der Waals surface area contributed by atoms with Gasteiger partial charge in [-0.15, -0.1) is 0 Å². The van der Waals surface area contributed by atoms with Gasteiger partial charge >= 0.3 is 0 Å². The number of ether oxygens (including phenoxy) is 1. The van der Waals surface area contributed by atoms with Crippen LogP contribution in [0, 0.1) is 11.8 Å². The van der Waals surface area contributed by atoms with E-state index >= 15 is 0 Å². The minimum Gasteiger partial charge on any atom is -0.493 e. The van der Waals surface area contributed by atoms with Gasteiger partial charge in [-0.1, -0.05) is 17.9 Å². The Morgan fingerprint density at radius 3 is 3.00 bits per heavy atom. The van der Waals surface area contributed by atoms with Crippen LogP contribution < -0.4 is 10.5 Å². The zero-order valence-electron chi connectivity index (χ0n) is 11.0. The van der Waals surface area contributed by atoms with Crippen molar-refractivity contribution in [2.45, 2.75) is 6.42 Å². The van der Waals surface area contributed by atoms with Crippen molar-refractivity contribution in [2.24, 2.45) is 12.8 Å². The van der Waals surface area contributed by atoms with Gasteiger partial charge in [0, 0.05) is 30.9 Å². The van der Waals surface area contributed by atoms with Gasteiger partial charge in [0.1, 0.15) is 5.75 Å².